The second kappa shape index (κ2) is 3.99. The summed E-state index contributed by atoms with van der Waals surface area (Å²) in [7, 11) is 0. The van der Waals surface area contributed by atoms with Crippen molar-refractivity contribution in [1.29, 1.82) is 0 Å². The van der Waals surface area contributed by atoms with E-state index in [1.807, 2.05) is 18.7 Å². The molecule has 1 aromatic rings. The van der Waals surface area contributed by atoms with Gasteiger partial charge >= 0.3 is 0 Å². The first-order valence-corrected chi connectivity index (χ1v) is 6.11. The highest BCUT2D eigenvalue weighted by molar-refractivity contribution is 7.99. The van der Waals surface area contributed by atoms with Gasteiger partial charge in [-0.15, -0.1) is 11.8 Å². The zero-order valence-electron chi connectivity index (χ0n) is 8.58. The average molecular weight is 211 g/mol. The van der Waals surface area contributed by atoms with Crippen LogP contribution in [0.3, 0.4) is 0 Å². The lowest BCUT2D eigenvalue weighted by atomic mass is 10.1. The minimum absolute atomic E-state index is 0.559. The van der Waals surface area contributed by atoms with Gasteiger partial charge in [0.25, 0.3) is 0 Å². The molecule has 0 saturated heterocycles. The summed E-state index contributed by atoms with van der Waals surface area (Å²) in [6, 6.07) is 2.05. The maximum atomic E-state index is 5.61. The van der Waals surface area contributed by atoms with Gasteiger partial charge in [-0.1, -0.05) is 0 Å². The first-order valence-electron chi connectivity index (χ1n) is 5.13. The van der Waals surface area contributed by atoms with Gasteiger partial charge in [0.15, 0.2) is 0 Å². The van der Waals surface area contributed by atoms with Crippen LogP contribution in [0.4, 0.5) is 0 Å². The van der Waals surface area contributed by atoms with Crippen LogP contribution in [0.25, 0.3) is 0 Å². The highest BCUT2D eigenvalue weighted by atomic mass is 32.2. The van der Waals surface area contributed by atoms with E-state index in [2.05, 4.69) is 6.07 Å². The van der Waals surface area contributed by atoms with E-state index < -0.39 is 0 Å². The van der Waals surface area contributed by atoms with Crippen LogP contribution in [0, 0.1) is 12.3 Å². The monoisotopic (exact) mass is 211 g/mol. The van der Waals surface area contributed by atoms with Gasteiger partial charge in [0, 0.05) is 10.6 Å². The summed E-state index contributed by atoms with van der Waals surface area (Å²) in [5.41, 5.74) is 6.16. The van der Waals surface area contributed by atoms with Crippen LogP contribution < -0.4 is 5.73 Å². The maximum Gasteiger partial charge on any atom is 0.114 e. The molecule has 0 aromatic carbocycles. The van der Waals surface area contributed by atoms with Gasteiger partial charge in [-0.2, -0.15) is 0 Å². The van der Waals surface area contributed by atoms with Gasteiger partial charge in [-0.05, 0) is 44.2 Å². The first kappa shape index (κ1) is 10.1. The molecule has 78 valence electrons. The number of thioether (sulfide) groups is 1. The molecular weight excluding hydrogens is 194 g/mol. The second-order valence-corrected chi connectivity index (χ2v) is 5.19. The Morgan fingerprint density at radius 1 is 1.57 bits per heavy atom. The van der Waals surface area contributed by atoms with Crippen molar-refractivity contribution in [2.24, 2.45) is 11.1 Å². The van der Waals surface area contributed by atoms with Gasteiger partial charge in [0.05, 0.1) is 6.26 Å². The van der Waals surface area contributed by atoms with Crippen LogP contribution in [0.1, 0.15) is 25.0 Å². The van der Waals surface area contributed by atoms with Crippen LogP contribution in [-0.4, -0.2) is 12.3 Å². The van der Waals surface area contributed by atoms with E-state index in [0.29, 0.717) is 5.41 Å². The van der Waals surface area contributed by atoms with Crippen LogP contribution >= 0.6 is 11.8 Å². The van der Waals surface area contributed by atoms with E-state index in [9.17, 15) is 0 Å². The van der Waals surface area contributed by atoms with Crippen molar-refractivity contribution in [1.82, 2.24) is 0 Å². The predicted molar refractivity (Wildman–Crippen MR) is 59.5 cm³/mol. The predicted octanol–water partition coefficient (Wildman–Crippen LogP) is 2.81. The fraction of sp³-hybridized carbons (Fsp3) is 0.636. The minimum atomic E-state index is 0.559. The number of aryl methyl sites for hydroxylation is 1. The van der Waals surface area contributed by atoms with E-state index >= 15 is 0 Å². The number of nitrogens with two attached hydrogens (primary N) is 1. The van der Waals surface area contributed by atoms with Crippen molar-refractivity contribution in [2.75, 3.05) is 12.3 Å². The van der Waals surface area contributed by atoms with E-state index in [4.69, 9.17) is 10.2 Å². The lowest BCUT2D eigenvalue weighted by Crippen LogP contribution is -2.11. The molecule has 0 aliphatic heterocycles. The fourth-order valence-corrected chi connectivity index (χ4v) is 3.00. The Morgan fingerprint density at radius 2 is 2.36 bits per heavy atom. The Balaban J connectivity index is 1.86. The summed E-state index contributed by atoms with van der Waals surface area (Å²) in [5, 5.41) is 0. The molecule has 0 spiro atoms. The Bertz CT molecular complexity index is 304. The molecule has 0 radical (unpaired) electrons. The normalized spacial score (nSPS) is 18.4. The minimum Gasteiger partial charge on any atom is -0.468 e. The van der Waals surface area contributed by atoms with E-state index in [1.165, 1.54) is 29.9 Å². The van der Waals surface area contributed by atoms with Crippen molar-refractivity contribution in [2.45, 2.75) is 31.1 Å². The molecule has 1 aliphatic rings. The van der Waals surface area contributed by atoms with Crippen LogP contribution in [0.15, 0.2) is 21.6 Å². The van der Waals surface area contributed by atoms with Gasteiger partial charge in [0.2, 0.25) is 0 Å². The summed E-state index contributed by atoms with van der Waals surface area (Å²) in [6.07, 6.45) is 5.65. The first-order chi connectivity index (χ1) is 6.76. The molecule has 1 fully saturated rings. The topological polar surface area (TPSA) is 39.2 Å². The van der Waals surface area contributed by atoms with E-state index in [-0.39, 0.29) is 0 Å². The molecular formula is C11H17NOS. The molecule has 1 aliphatic carbocycles. The van der Waals surface area contributed by atoms with Gasteiger partial charge in [-0.3, -0.25) is 0 Å². The average Bonchev–Trinajstić information content (AvgIpc) is 2.81. The standard InChI is InChI=1S/C11H17NOS/c1-9-10(2-7-13-9)14-8-11(3-4-11)5-6-12/h2,7H,3-6,8,12H2,1H3. The summed E-state index contributed by atoms with van der Waals surface area (Å²) >= 11 is 1.91. The lowest BCUT2D eigenvalue weighted by molar-refractivity contribution is 0.525. The van der Waals surface area contributed by atoms with Crippen LogP contribution in [-0.2, 0) is 0 Å². The number of hydrogen-bond acceptors (Lipinski definition) is 3. The van der Waals surface area contributed by atoms with Crippen molar-refractivity contribution in [3.8, 4) is 0 Å². The maximum absolute atomic E-state index is 5.61. The number of hydrogen-bond donors (Lipinski definition) is 1. The quantitative estimate of drug-likeness (QED) is 0.761. The zero-order valence-corrected chi connectivity index (χ0v) is 9.40. The van der Waals surface area contributed by atoms with Crippen molar-refractivity contribution >= 4 is 11.8 Å². The molecule has 1 saturated carbocycles. The van der Waals surface area contributed by atoms with Crippen molar-refractivity contribution in [3.05, 3.63) is 18.1 Å². The molecule has 2 N–H and O–H groups in total. The largest absolute Gasteiger partial charge is 0.468 e. The van der Waals surface area contributed by atoms with Gasteiger partial charge in [-0.25, -0.2) is 0 Å². The van der Waals surface area contributed by atoms with E-state index in [0.717, 1.165) is 12.3 Å². The third-order valence-corrected chi connectivity index (χ3v) is 4.47. The van der Waals surface area contributed by atoms with Crippen molar-refractivity contribution < 1.29 is 4.42 Å². The zero-order chi connectivity index (χ0) is 10.0. The third kappa shape index (κ3) is 2.15. The molecule has 0 unspecified atom stereocenters. The molecule has 2 nitrogen and oxygen atoms in total. The second-order valence-electron chi connectivity index (χ2n) is 4.17. The van der Waals surface area contributed by atoms with Crippen LogP contribution in [0.5, 0.6) is 0 Å². The molecule has 0 bridgehead atoms. The molecule has 1 aromatic heterocycles. The molecule has 0 amide bonds. The third-order valence-electron chi connectivity index (χ3n) is 2.98. The molecule has 0 atom stereocenters. The summed E-state index contributed by atoms with van der Waals surface area (Å²) < 4.78 is 5.26. The SMILES string of the molecule is Cc1occc1SCC1(CCN)CC1. The Hall–Kier alpha value is -0.410. The highest BCUT2D eigenvalue weighted by Gasteiger charge is 2.41. The molecule has 1 heterocycles. The Labute approximate surface area is 89.2 Å². The van der Waals surface area contributed by atoms with Crippen molar-refractivity contribution in [3.63, 3.8) is 0 Å². The summed E-state index contributed by atoms with van der Waals surface area (Å²) in [5.74, 6) is 2.24. The molecule has 14 heavy (non-hydrogen) atoms. The van der Waals surface area contributed by atoms with Gasteiger partial charge < -0.3 is 10.2 Å². The number of furan rings is 1. The Morgan fingerprint density at radius 3 is 2.86 bits per heavy atom. The Kier molecular flexibility index (Phi) is 2.88. The lowest BCUT2D eigenvalue weighted by Gasteiger charge is -2.12. The van der Waals surface area contributed by atoms with Crippen LogP contribution in [0.2, 0.25) is 0 Å². The summed E-state index contributed by atoms with van der Waals surface area (Å²) in [6.45, 7) is 2.84. The van der Waals surface area contributed by atoms with E-state index in [1.54, 1.807) is 6.26 Å². The molecule has 2 rings (SSSR count). The fourth-order valence-electron chi connectivity index (χ4n) is 1.70. The van der Waals surface area contributed by atoms with Gasteiger partial charge in [0.1, 0.15) is 5.76 Å². The smallest absolute Gasteiger partial charge is 0.114 e. The number of rotatable bonds is 5. The summed E-state index contributed by atoms with van der Waals surface area (Å²) in [4.78, 5) is 1.29. The highest BCUT2D eigenvalue weighted by Crippen LogP contribution is 2.51. The molecule has 3 heteroatoms.